The van der Waals surface area contributed by atoms with E-state index in [4.69, 9.17) is 25.8 Å². The summed E-state index contributed by atoms with van der Waals surface area (Å²) in [6.07, 6.45) is 1.70. The Bertz CT molecular complexity index is 1660. The van der Waals surface area contributed by atoms with Crippen molar-refractivity contribution in [1.82, 2.24) is 4.98 Å². The summed E-state index contributed by atoms with van der Waals surface area (Å²) in [5, 5.41) is 6.34. The predicted octanol–water partition coefficient (Wildman–Crippen LogP) is 6.82. The van der Waals surface area contributed by atoms with Gasteiger partial charge in [0.15, 0.2) is 0 Å². The molecule has 0 unspecified atom stereocenters. The molecule has 1 fully saturated rings. The second-order valence-corrected chi connectivity index (χ2v) is 10.6. The molecule has 0 aliphatic carbocycles. The van der Waals surface area contributed by atoms with Crippen molar-refractivity contribution >= 4 is 34.9 Å². The molecule has 3 aromatic carbocycles. The maximum Gasteiger partial charge on any atom is 0.337 e. The molecule has 0 spiro atoms. The van der Waals surface area contributed by atoms with Crippen molar-refractivity contribution in [3.63, 3.8) is 0 Å². The number of halogens is 3. The molecule has 5 rings (SSSR count). The third kappa shape index (κ3) is 7.89. The molecule has 1 atom stereocenters. The highest BCUT2D eigenvalue weighted by Crippen LogP contribution is 2.27. The van der Waals surface area contributed by atoms with Crippen molar-refractivity contribution in [3.05, 3.63) is 106 Å². The molecule has 1 aromatic heterocycles. The van der Waals surface area contributed by atoms with Gasteiger partial charge in [0.2, 0.25) is 11.8 Å². The Labute approximate surface area is 258 Å². The van der Waals surface area contributed by atoms with Gasteiger partial charge in [0.25, 0.3) is 0 Å². The first-order valence-corrected chi connectivity index (χ1v) is 14.4. The summed E-state index contributed by atoms with van der Waals surface area (Å²) in [5.41, 5.74) is 2.73. The number of nitrogens with zero attached hydrogens (tertiary/aromatic N) is 1. The summed E-state index contributed by atoms with van der Waals surface area (Å²) in [7, 11) is 1.29. The molecule has 1 amide bonds. The number of esters is 1. The van der Waals surface area contributed by atoms with Gasteiger partial charge in [0, 0.05) is 35.4 Å². The van der Waals surface area contributed by atoms with Crippen LogP contribution in [-0.2, 0) is 27.3 Å². The van der Waals surface area contributed by atoms with Gasteiger partial charge in [0.05, 0.1) is 42.3 Å². The largest absolute Gasteiger partial charge is 0.473 e. The van der Waals surface area contributed by atoms with E-state index in [0.717, 1.165) is 12.8 Å². The zero-order valence-electron chi connectivity index (χ0n) is 23.9. The lowest BCUT2D eigenvalue weighted by Crippen LogP contribution is -2.21. The van der Waals surface area contributed by atoms with Crippen molar-refractivity contribution in [2.75, 3.05) is 30.9 Å². The lowest BCUT2D eigenvalue weighted by molar-refractivity contribution is -0.115. The van der Waals surface area contributed by atoms with E-state index in [-0.39, 0.29) is 35.6 Å². The van der Waals surface area contributed by atoms with Gasteiger partial charge < -0.3 is 24.8 Å². The van der Waals surface area contributed by atoms with Crippen LogP contribution in [0.4, 0.5) is 20.2 Å². The smallest absolute Gasteiger partial charge is 0.337 e. The normalized spacial score (nSPS) is 14.2. The van der Waals surface area contributed by atoms with Crippen LogP contribution >= 0.6 is 11.6 Å². The molecular weight excluding hydrogens is 592 g/mol. The van der Waals surface area contributed by atoms with Crippen molar-refractivity contribution in [1.29, 1.82) is 0 Å². The molecule has 1 aliphatic heterocycles. The zero-order chi connectivity index (χ0) is 31.1. The number of benzene rings is 3. The third-order valence-corrected chi connectivity index (χ3v) is 7.31. The van der Waals surface area contributed by atoms with Gasteiger partial charge in [-0.15, -0.1) is 0 Å². The zero-order valence-corrected chi connectivity index (χ0v) is 24.6. The number of carbonyl (C=O) groups is 2. The standard InChI is InChI=1S/C33H30ClF2N3O5/c1-42-33(41)22-10-12-29(30(15-22)37-18-25-4-3-13-43-25)38-31(40)16-20-7-8-21(14-26(20)35)28-5-2-6-32(39-28)44-19-23-9-11-24(34)17-27(23)36/h2,5-12,14-15,17,25,37H,3-4,13,16,18-19H2,1H3,(H,38,40)/t25-/m0/s1. The Balaban J connectivity index is 1.24. The van der Waals surface area contributed by atoms with Crippen LogP contribution in [0.5, 0.6) is 5.88 Å². The number of pyridine rings is 1. The van der Waals surface area contributed by atoms with E-state index in [1.807, 2.05) is 0 Å². The second-order valence-electron chi connectivity index (χ2n) is 10.2. The molecule has 0 bridgehead atoms. The predicted molar refractivity (Wildman–Crippen MR) is 163 cm³/mol. The number of aromatic nitrogens is 1. The Hall–Kier alpha value is -4.54. The molecule has 8 nitrogen and oxygen atoms in total. The maximum atomic E-state index is 15.2. The number of hydrogen-bond donors (Lipinski definition) is 2. The number of amides is 1. The van der Waals surface area contributed by atoms with Crippen LogP contribution in [0.1, 0.15) is 34.3 Å². The van der Waals surface area contributed by atoms with Crippen molar-refractivity contribution < 1.29 is 32.6 Å². The number of ether oxygens (including phenoxy) is 3. The molecule has 0 saturated carbocycles. The van der Waals surface area contributed by atoms with E-state index in [1.165, 1.54) is 31.4 Å². The van der Waals surface area contributed by atoms with Crippen LogP contribution in [0.3, 0.4) is 0 Å². The van der Waals surface area contributed by atoms with Gasteiger partial charge in [-0.2, -0.15) is 0 Å². The van der Waals surface area contributed by atoms with Crippen LogP contribution in [0.25, 0.3) is 11.3 Å². The van der Waals surface area contributed by atoms with Crippen LogP contribution in [0, 0.1) is 11.6 Å². The van der Waals surface area contributed by atoms with Gasteiger partial charge in [-0.3, -0.25) is 4.79 Å². The van der Waals surface area contributed by atoms with E-state index in [9.17, 15) is 14.0 Å². The fourth-order valence-corrected chi connectivity index (χ4v) is 4.90. The van der Waals surface area contributed by atoms with Crippen LogP contribution < -0.4 is 15.4 Å². The molecule has 2 N–H and O–H groups in total. The van der Waals surface area contributed by atoms with E-state index < -0.39 is 23.5 Å². The molecule has 11 heteroatoms. The van der Waals surface area contributed by atoms with Crippen molar-refractivity contribution in [2.45, 2.75) is 32.0 Å². The second kappa shape index (κ2) is 14.3. The van der Waals surface area contributed by atoms with E-state index >= 15 is 4.39 Å². The minimum atomic E-state index is -0.577. The lowest BCUT2D eigenvalue weighted by Gasteiger charge is -2.17. The van der Waals surface area contributed by atoms with Crippen LogP contribution in [-0.4, -0.2) is 43.2 Å². The first-order chi connectivity index (χ1) is 21.3. The summed E-state index contributed by atoms with van der Waals surface area (Å²) in [5.74, 6) is -1.77. The van der Waals surface area contributed by atoms with Gasteiger partial charge in [-0.25, -0.2) is 18.6 Å². The van der Waals surface area contributed by atoms with E-state index in [0.29, 0.717) is 46.9 Å². The van der Waals surface area contributed by atoms with E-state index in [1.54, 1.807) is 48.5 Å². The van der Waals surface area contributed by atoms with Crippen LogP contribution in [0.2, 0.25) is 5.02 Å². The fraction of sp³-hybridized carbons (Fsp3) is 0.242. The Morgan fingerprint density at radius 1 is 1.00 bits per heavy atom. The lowest BCUT2D eigenvalue weighted by atomic mass is 10.0. The molecule has 1 aliphatic rings. The van der Waals surface area contributed by atoms with Crippen molar-refractivity contribution in [2.24, 2.45) is 0 Å². The number of anilines is 2. The average Bonchev–Trinajstić information content (AvgIpc) is 3.55. The van der Waals surface area contributed by atoms with Gasteiger partial charge >= 0.3 is 5.97 Å². The third-order valence-electron chi connectivity index (χ3n) is 7.07. The van der Waals surface area contributed by atoms with Crippen molar-refractivity contribution in [3.8, 4) is 17.1 Å². The highest BCUT2D eigenvalue weighted by atomic mass is 35.5. The summed E-state index contributed by atoms with van der Waals surface area (Å²) < 4.78 is 45.4. The summed E-state index contributed by atoms with van der Waals surface area (Å²) in [4.78, 5) is 29.4. The summed E-state index contributed by atoms with van der Waals surface area (Å²) >= 11 is 5.80. The van der Waals surface area contributed by atoms with Gasteiger partial charge in [-0.1, -0.05) is 35.9 Å². The minimum absolute atomic E-state index is 0.0289. The van der Waals surface area contributed by atoms with Crippen LogP contribution in [0.15, 0.2) is 72.8 Å². The number of carbonyl (C=O) groups excluding carboxylic acids is 2. The topological polar surface area (TPSA) is 98.8 Å². The highest BCUT2D eigenvalue weighted by Gasteiger charge is 2.18. The minimum Gasteiger partial charge on any atom is -0.473 e. The van der Waals surface area contributed by atoms with Gasteiger partial charge in [-0.05, 0) is 60.9 Å². The number of nitrogens with one attached hydrogen (secondary N) is 2. The maximum absolute atomic E-state index is 15.2. The molecule has 2 heterocycles. The Morgan fingerprint density at radius 3 is 2.57 bits per heavy atom. The molecule has 1 saturated heterocycles. The quantitative estimate of drug-likeness (QED) is 0.177. The summed E-state index contributed by atoms with van der Waals surface area (Å²) in [6.45, 7) is 1.14. The monoisotopic (exact) mass is 621 g/mol. The molecule has 228 valence electrons. The average molecular weight is 622 g/mol. The molecule has 44 heavy (non-hydrogen) atoms. The molecule has 4 aromatic rings. The first-order valence-electron chi connectivity index (χ1n) is 14.0. The summed E-state index contributed by atoms with van der Waals surface area (Å²) in [6, 6.07) is 18.6. The van der Waals surface area contributed by atoms with E-state index in [2.05, 4.69) is 15.6 Å². The Kier molecular flexibility index (Phi) is 10.0. The van der Waals surface area contributed by atoms with Gasteiger partial charge in [0.1, 0.15) is 18.2 Å². The fourth-order valence-electron chi connectivity index (χ4n) is 4.74. The molecule has 0 radical (unpaired) electrons. The SMILES string of the molecule is COC(=O)c1ccc(NC(=O)Cc2ccc(-c3cccc(OCc4ccc(Cl)cc4F)n3)cc2F)c(NC[C@@H]2CCCO2)c1. The Morgan fingerprint density at radius 2 is 1.82 bits per heavy atom. The number of methoxy groups -OCH3 is 1. The first kappa shape index (κ1) is 30.9. The number of hydrogen-bond acceptors (Lipinski definition) is 7. The molecular formula is C33H30ClF2N3O5. The highest BCUT2D eigenvalue weighted by molar-refractivity contribution is 6.30. The number of rotatable bonds is 11.